The van der Waals surface area contributed by atoms with Crippen molar-refractivity contribution in [1.29, 1.82) is 0 Å². The summed E-state index contributed by atoms with van der Waals surface area (Å²) in [4.78, 5) is 17.0. The van der Waals surface area contributed by atoms with E-state index in [0.717, 1.165) is 22.6 Å². The number of carbonyl (C=O) groups is 1. The van der Waals surface area contributed by atoms with Gasteiger partial charge in [-0.15, -0.1) is 0 Å². The molecule has 0 aliphatic carbocycles. The number of rotatable bonds is 4. The van der Waals surface area contributed by atoms with E-state index in [1.807, 2.05) is 55.5 Å². The Balaban J connectivity index is 1.53. The van der Waals surface area contributed by atoms with Crippen LogP contribution in [-0.4, -0.2) is 18.0 Å². The summed E-state index contributed by atoms with van der Waals surface area (Å²) in [7, 11) is 1.56. The Morgan fingerprint density at radius 1 is 1.11 bits per heavy atom. The molecule has 1 amide bonds. The molecule has 0 spiro atoms. The van der Waals surface area contributed by atoms with Crippen LogP contribution in [0.25, 0.3) is 0 Å². The van der Waals surface area contributed by atoms with Crippen molar-refractivity contribution in [2.24, 2.45) is 0 Å². The predicted octanol–water partition coefficient (Wildman–Crippen LogP) is 4.19. The van der Waals surface area contributed by atoms with Gasteiger partial charge in [0.15, 0.2) is 5.82 Å². The number of pyridine rings is 1. The van der Waals surface area contributed by atoms with Crippen LogP contribution in [0.1, 0.15) is 27.7 Å². The van der Waals surface area contributed by atoms with E-state index >= 15 is 0 Å². The SMILES string of the molecule is COc1cc(C)ccc1C(=O)Nc1cccc(C2Nc3cccnc3N2)c1. The van der Waals surface area contributed by atoms with Gasteiger partial charge in [0.2, 0.25) is 0 Å². The van der Waals surface area contributed by atoms with E-state index in [4.69, 9.17) is 4.74 Å². The standard InChI is InChI=1S/C21H20N4O2/c1-13-8-9-16(18(11-13)27-2)21(26)23-15-6-3-5-14(12-15)19-24-17-7-4-10-22-20(17)25-19/h3-12,19,24H,1-2H3,(H,22,25)(H,23,26). The average molecular weight is 360 g/mol. The summed E-state index contributed by atoms with van der Waals surface area (Å²) in [5, 5.41) is 9.66. The Morgan fingerprint density at radius 3 is 2.81 bits per heavy atom. The number of methoxy groups -OCH3 is 1. The molecular weight excluding hydrogens is 340 g/mol. The largest absolute Gasteiger partial charge is 0.496 e. The van der Waals surface area contributed by atoms with Crippen molar-refractivity contribution in [1.82, 2.24) is 4.98 Å². The van der Waals surface area contributed by atoms with Crippen LogP contribution in [0.15, 0.2) is 60.8 Å². The van der Waals surface area contributed by atoms with Gasteiger partial charge in [-0.05, 0) is 54.4 Å². The fraction of sp³-hybridized carbons (Fsp3) is 0.143. The number of aromatic nitrogens is 1. The molecule has 0 saturated heterocycles. The van der Waals surface area contributed by atoms with Gasteiger partial charge in [0, 0.05) is 11.9 Å². The highest BCUT2D eigenvalue weighted by Crippen LogP contribution is 2.33. The molecule has 27 heavy (non-hydrogen) atoms. The Labute approximate surface area is 157 Å². The molecule has 6 heteroatoms. The lowest BCUT2D eigenvalue weighted by Crippen LogP contribution is -2.15. The normalized spacial score (nSPS) is 14.7. The highest BCUT2D eigenvalue weighted by atomic mass is 16.5. The summed E-state index contributed by atoms with van der Waals surface area (Å²) in [5.41, 5.74) is 4.22. The van der Waals surface area contributed by atoms with Gasteiger partial charge in [-0.2, -0.15) is 0 Å². The molecule has 4 rings (SSSR count). The Kier molecular flexibility index (Phi) is 4.38. The van der Waals surface area contributed by atoms with E-state index in [-0.39, 0.29) is 12.1 Å². The molecular formula is C21H20N4O2. The maximum Gasteiger partial charge on any atom is 0.259 e. The number of nitrogens with zero attached hydrogens (tertiary/aromatic N) is 1. The van der Waals surface area contributed by atoms with Crippen LogP contribution in [0.5, 0.6) is 5.75 Å². The van der Waals surface area contributed by atoms with Crippen molar-refractivity contribution in [3.8, 4) is 5.75 Å². The smallest absolute Gasteiger partial charge is 0.259 e. The van der Waals surface area contributed by atoms with Crippen LogP contribution in [-0.2, 0) is 0 Å². The zero-order valence-electron chi connectivity index (χ0n) is 15.1. The van der Waals surface area contributed by atoms with E-state index < -0.39 is 0 Å². The van der Waals surface area contributed by atoms with Crippen LogP contribution in [0, 0.1) is 6.92 Å². The number of benzene rings is 2. The van der Waals surface area contributed by atoms with Gasteiger partial charge in [0.1, 0.15) is 11.9 Å². The molecule has 1 unspecified atom stereocenters. The molecule has 1 aromatic heterocycles. The van der Waals surface area contributed by atoms with E-state index in [1.165, 1.54) is 0 Å². The van der Waals surface area contributed by atoms with Gasteiger partial charge < -0.3 is 20.7 Å². The number of carbonyl (C=O) groups excluding carboxylic acids is 1. The first-order chi connectivity index (χ1) is 13.1. The molecule has 3 N–H and O–H groups in total. The number of hydrogen-bond acceptors (Lipinski definition) is 5. The minimum atomic E-state index is -0.207. The first kappa shape index (κ1) is 16.9. The molecule has 136 valence electrons. The fourth-order valence-electron chi connectivity index (χ4n) is 3.11. The highest BCUT2D eigenvalue weighted by Gasteiger charge is 2.22. The number of amides is 1. The monoisotopic (exact) mass is 360 g/mol. The van der Waals surface area contributed by atoms with Crippen LogP contribution in [0.2, 0.25) is 0 Å². The number of aryl methyl sites for hydroxylation is 1. The quantitative estimate of drug-likeness (QED) is 0.651. The fourth-order valence-corrected chi connectivity index (χ4v) is 3.11. The second kappa shape index (κ2) is 6.99. The first-order valence-electron chi connectivity index (χ1n) is 8.68. The van der Waals surface area contributed by atoms with Crippen molar-refractivity contribution in [2.45, 2.75) is 13.1 Å². The number of fused-ring (bicyclic) bond motifs is 1. The van der Waals surface area contributed by atoms with E-state index in [0.29, 0.717) is 17.0 Å². The van der Waals surface area contributed by atoms with Gasteiger partial charge in [0.25, 0.3) is 5.91 Å². The highest BCUT2D eigenvalue weighted by molar-refractivity contribution is 6.06. The molecule has 2 heterocycles. The molecule has 0 bridgehead atoms. The van der Waals surface area contributed by atoms with Crippen molar-refractivity contribution < 1.29 is 9.53 Å². The van der Waals surface area contributed by atoms with Crippen molar-refractivity contribution in [3.05, 3.63) is 77.5 Å². The van der Waals surface area contributed by atoms with Crippen molar-refractivity contribution >= 4 is 23.1 Å². The van der Waals surface area contributed by atoms with E-state index in [1.54, 1.807) is 19.4 Å². The summed E-state index contributed by atoms with van der Waals surface area (Å²) in [6.07, 6.45) is 1.65. The number of nitrogens with one attached hydrogen (secondary N) is 3. The maximum absolute atomic E-state index is 12.7. The maximum atomic E-state index is 12.7. The predicted molar refractivity (Wildman–Crippen MR) is 106 cm³/mol. The molecule has 1 aliphatic rings. The summed E-state index contributed by atoms with van der Waals surface area (Å²) in [5.74, 6) is 1.17. The van der Waals surface area contributed by atoms with Crippen LogP contribution < -0.4 is 20.7 Å². The molecule has 1 aliphatic heterocycles. The molecule has 0 fully saturated rings. The zero-order chi connectivity index (χ0) is 18.8. The molecule has 6 nitrogen and oxygen atoms in total. The third kappa shape index (κ3) is 3.42. The zero-order valence-corrected chi connectivity index (χ0v) is 15.1. The third-order valence-corrected chi connectivity index (χ3v) is 4.47. The van der Waals surface area contributed by atoms with Gasteiger partial charge in [-0.3, -0.25) is 4.79 Å². The second-order valence-electron chi connectivity index (χ2n) is 6.40. The summed E-state index contributed by atoms with van der Waals surface area (Å²) >= 11 is 0. The van der Waals surface area contributed by atoms with Crippen LogP contribution in [0.3, 0.4) is 0 Å². The lowest BCUT2D eigenvalue weighted by atomic mass is 10.1. The third-order valence-electron chi connectivity index (χ3n) is 4.47. The van der Waals surface area contributed by atoms with Crippen LogP contribution in [0.4, 0.5) is 17.2 Å². The molecule has 0 radical (unpaired) electrons. The number of hydrogen-bond donors (Lipinski definition) is 3. The van der Waals surface area contributed by atoms with Crippen LogP contribution >= 0.6 is 0 Å². The van der Waals surface area contributed by atoms with Gasteiger partial charge >= 0.3 is 0 Å². The molecule has 1 atom stereocenters. The Morgan fingerprint density at radius 2 is 2.00 bits per heavy atom. The Bertz CT molecular complexity index is 978. The van der Waals surface area contributed by atoms with Gasteiger partial charge in [-0.25, -0.2) is 4.98 Å². The van der Waals surface area contributed by atoms with E-state index in [9.17, 15) is 4.79 Å². The minimum absolute atomic E-state index is 0.0966. The van der Waals surface area contributed by atoms with Crippen molar-refractivity contribution in [2.75, 3.05) is 23.1 Å². The Hall–Kier alpha value is -3.54. The van der Waals surface area contributed by atoms with E-state index in [2.05, 4.69) is 20.9 Å². The first-order valence-corrected chi connectivity index (χ1v) is 8.68. The van der Waals surface area contributed by atoms with Gasteiger partial charge in [-0.1, -0.05) is 18.2 Å². The lowest BCUT2D eigenvalue weighted by molar-refractivity contribution is 0.102. The summed E-state index contributed by atoms with van der Waals surface area (Å²) in [6.45, 7) is 1.96. The average Bonchev–Trinajstić information content (AvgIpc) is 3.12. The second-order valence-corrected chi connectivity index (χ2v) is 6.40. The number of anilines is 3. The van der Waals surface area contributed by atoms with Crippen molar-refractivity contribution in [3.63, 3.8) is 0 Å². The summed E-state index contributed by atoms with van der Waals surface area (Å²) in [6, 6.07) is 17.1. The molecule has 0 saturated carbocycles. The topological polar surface area (TPSA) is 75.3 Å². The minimum Gasteiger partial charge on any atom is -0.496 e. The number of ether oxygens (including phenoxy) is 1. The molecule has 2 aromatic carbocycles. The van der Waals surface area contributed by atoms with Gasteiger partial charge in [0.05, 0.1) is 18.4 Å². The molecule has 3 aromatic rings. The summed E-state index contributed by atoms with van der Waals surface area (Å²) < 4.78 is 5.34. The lowest BCUT2D eigenvalue weighted by Gasteiger charge is -2.15.